The van der Waals surface area contributed by atoms with Crippen molar-refractivity contribution in [3.63, 3.8) is 0 Å². The summed E-state index contributed by atoms with van der Waals surface area (Å²) < 4.78 is 7.52. The number of phenols is 1. The number of nitrogens with zero attached hydrogens (tertiary/aromatic N) is 2. The topological polar surface area (TPSA) is 47.3 Å². The Balaban J connectivity index is 1.92. The maximum atomic E-state index is 9.49. The van der Waals surface area contributed by atoms with Gasteiger partial charge in [-0.15, -0.1) is 0 Å². The zero-order valence-electron chi connectivity index (χ0n) is 9.13. The minimum atomic E-state index is 0.264. The van der Waals surface area contributed by atoms with Gasteiger partial charge >= 0.3 is 0 Å². The van der Waals surface area contributed by atoms with Gasteiger partial charge in [-0.3, -0.25) is 0 Å². The largest absolute Gasteiger partial charge is 0.508 e. The second-order valence-corrected chi connectivity index (χ2v) is 3.55. The predicted molar refractivity (Wildman–Crippen MR) is 60.6 cm³/mol. The van der Waals surface area contributed by atoms with Crippen LogP contribution < -0.4 is 4.74 Å². The molecule has 2 aromatic rings. The van der Waals surface area contributed by atoms with E-state index in [1.807, 2.05) is 23.8 Å². The van der Waals surface area contributed by atoms with Gasteiger partial charge in [0.2, 0.25) is 0 Å². The van der Waals surface area contributed by atoms with Crippen LogP contribution in [0.25, 0.3) is 0 Å². The summed E-state index contributed by atoms with van der Waals surface area (Å²) in [7, 11) is 0. The van der Waals surface area contributed by atoms with E-state index in [2.05, 4.69) is 4.98 Å². The first-order chi connectivity index (χ1) is 7.77. The fourth-order valence-electron chi connectivity index (χ4n) is 1.44. The van der Waals surface area contributed by atoms with Crippen LogP contribution in [0.4, 0.5) is 0 Å². The number of imidazole rings is 1. The summed E-state index contributed by atoms with van der Waals surface area (Å²) in [6, 6.07) is 5.27. The molecular formula is C12H14N2O2. The predicted octanol–water partition coefficient (Wildman–Crippen LogP) is 1.98. The third-order valence-corrected chi connectivity index (χ3v) is 2.42. The number of hydrogen-bond acceptors (Lipinski definition) is 3. The summed E-state index contributed by atoms with van der Waals surface area (Å²) in [5.41, 5.74) is 0.771. The van der Waals surface area contributed by atoms with Gasteiger partial charge in [-0.2, -0.15) is 0 Å². The van der Waals surface area contributed by atoms with E-state index in [1.54, 1.807) is 24.7 Å². The molecule has 0 bridgehead atoms. The van der Waals surface area contributed by atoms with Crippen molar-refractivity contribution in [1.29, 1.82) is 0 Å². The van der Waals surface area contributed by atoms with Crippen LogP contribution in [0.5, 0.6) is 11.5 Å². The Morgan fingerprint density at radius 1 is 1.44 bits per heavy atom. The van der Waals surface area contributed by atoms with Gasteiger partial charge in [-0.1, -0.05) is 6.07 Å². The third kappa shape index (κ3) is 2.34. The Hall–Kier alpha value is -1.97. The van der Waals surface area contributed by atoms with E-state index in [0.29, 0.717) is 6.61 Å². The lowest BCUT2D eigenvalue weighted by Gasteiger charge is -2.10. The van der Waals surface area contributed by atoms with Crippen LogP contribution in [0.2, 0.25) is 0 Å². The minimum Gasteiger partial charge on any atom is -0.508 e. The van der Waals surface area contributed by atoms with Crippen LogP contribution in [-0.2, 0) is 6.54 Å². The molecule has 16 heavy (non-hydrogen) atoms. The summed E-state index contributed by atoms with van der Waals surface area (Å²) in [4.78, 5) is 3.95. The molecule has 4 heteroatoms. The molecule has 0 saturated heterocycles. The number of aromatic nitrogens is 2. The highest BCUT2D eigenvalue weighted by Crippen LogP contribution is 2.25. The van der Waals surface area contributed by atoms with E-state index in [1.165, 1.54) is 0 Å². The highest BCUT2D eigenvalue weighted by molar-refractivity contribution is 5.42. The quantitative estimate of drug-likeness (QED) is 0.853. The molecule has 84 valence electrons. The Labute approximate surface area is 94.1 Å². The van der Waals surface area contributed by atoms with Crippen molar-refractivity contribution in [3.05, 3.63) is 42.5 Å². The van der Waals surface area contributed by atoms with Crippen LogP contribution >= 0.6 is 0 Å². The fraction of sp³-hybridized carbons (Fsp3) is 0.250. The molecule has 0 aliphatic carbocycles. The van der Waals surface area contributed by atoms with Crippen molar-refractivity contribution >= 4 is 0 Å². The first kappa shape index (κ1) is 10.5. The minimum absolute atomic E-state index is 0.264. The van der Waals surface area contributed by atoms with Crippen molar-refractivity contribution in [2.24, 2.45) is 0 Å². The molecule has 4 nitrogen and oxygen atoms in total. The second kappa shape index (κ2) is 4.70. The summed E-state index contributed by atoms with van der Waals surface area (Å²) in [6.45, 7) is 3.14. The van der Waals surface area contributed by atoms with Gasteiger partial charge in [-0.25, -0.2) is 4.98 Å². The van der Waals surface area contributed by atoms with Crippen molar-refractivity contribution in [2.75, 3.05) is 6.61 Å². The molecule has 0 unspecified atom stereocenters. The monoisotopic (exact) mass is 218 g/mol. The lowest BCUT2D eigenvalue weighted by molar-refractivity contribution is 0.294. The summed E-state index contributed by atoms with van der Waals surface area (Å²) in [5, 5.41) is 9.49. The summed E-state index contributed by atoms with van der Waals surface area (Å²) in [5.74, 6) is 0.986. The van der Waals surface area contributed by atoms with Crippen molar-refractivity contribution in [1.82, 2.24) is 9.55 Å². The normalized spacial score (nSPS) is 10.3. The molecule has 2 rings (SSSR count). The number of aromatic hydroxyl groups is 1. The number of rotatable bonds is 4. The van der Waals surface area contributed by atoms with E-state index >= 15 is 0 Å². The average Bonchev–Trinajstić information content (AvgIpc) is 2.77. The van der Waals surface area contributed by atoms with Gasteiger partial charge in [0, 0.05) is 18.0 Å². The molecule has 0 atom stereocenters. The molecule has 0 radical (unpaired) electrons. The average molecular weight is 218 g/mol. The second-order valence-electron chi connectivity index (χ2n) is 3.55. The fourth-order valence-corrected chi connectivity index (χ4v) is 1.44. The first-order valence-corrected chi connectivity index (χ1v) is 5.14. The van der Waals surface area contributed by atoms with Crippen LogP contribution in [0.1, 0.15) is 5.56 Å². The highest BCUT2D eigenvalue weighted by Gasteiger charge is 2.02. The van der Waals surface area contributed by atoms with Crippen LogP contribution in [-0.4, -0.2) is 21.3 Å². The SMILES string of the molecule is Cc1c(O)cccc1OCCn1ccnc1. The molecule has 0 aliphatic rings. The van der Waals surface area contributed by atoms with Gasteiger partial charge in [-0.05, 0) is 19.1 Å². The van der Waals surface area contributed by atoms with E-state index in [9.17, 15) is 5.11 Å². The van der Waals surface area contributed by atoms with Crippen molar-refractivity contribution < 1.29 is 9.84 Å². The molecule has 0 fully saturated rings. The van der Waals surface area contributed by atoms with Crippen molar-refractivity contribution in [2.45, 2.75) is 13.5 Å². The van der Waals surface area contributed by atoms with Crippen LogP contribution in [0, 0.1) is 6.92 Å². The molecule has 1 aromatic carbocycles. The van der Waals surface area contributed by atoms with Gasteiger partial charge in [0.1, 0.15) is 18.1 Å². The van der Waals surface area contributed by atoms with Crippen LogP contribution in [0.15, 0.2) is 36.9 Å². The molecular weight excluding hydrogens is 204 g/mol. The molecule has 1 N–H and O–H groups in total. The third-order valence-electron chi connectivity index (χ3n) is 2.42. The Morgan fingerprint density at radius 2 is 2.31 bits per heavy atom. The Kier molecular flexibility index (Phi) is 3.10. The lowest BCUT2D eigenvalue weighted by Crippen LogP contribution is -2.07. The van der Waals surface area contributed by atoms with Gasteiger partial charge < -0.3 is 14.4 Å². The van der Waals surface area contributed by atoms with E-state index in [0.717, 1.165) is 17.9 Å². The number of phenolic OH excluding ortho intramolecular Hbond substituents is 1. The Morgan fingerprint density at radius 3 is 3.06 bits per heavy atom. The summed E-state index contributed by atoms with van der Waals surface area (Å²) >= 11 is 0. The number of hydrogen-bond donors (Lipinski definition) is 1. The Bertz CT molecular complexity index is 452. The zero-order chi connectivity index (χ0) is 11.4. The van der Waals surface area contributed by atoms with Gasteiger partial charge in [0.25, 0.3) is 0 Å². The standard InChI is InChI=1S/C12H14N2O2/c1-10-11(15)3-2-4-12(10)16-8-7-14-6-5-13-9-14/h2-6,9,15H,7-8H2,1H3. The van der Waals surface area contributed by atoms with Crippen molar-refractivity contribution in [3.8, 4) is 11.5 Å². The number of benzene rings is 1. The van der Waals surface area contributed by atoms with E-state index < -0.39 is 0 Å². The van der Waals surface area contributed by atoms with Gasteiger partial charge in [0.15, 0.2) is 0 Å². The molecule has 0 amide bonds. The molecule has 1 aromatic heterocycles. The van der Waals surface area contributed by atoms with E-state index in [4.69, 9.17) is 4.74 Å². The molecule has 0 saturated carbocycles. The van der Waals surface area contributed by atoms with Crippen LogP contribution in [0.3, 0.4) is 0 Å². The smallest absolute Gasteiger partial charge is 0.125 e. The maximum absolute atomic E-state index is 9.49. The zero-order valence-corrected chi connectivity index (χ0v) is 9.13. The number of ether oxygens (including phenoxy) is 1. The van der Waals surface area contributed by atoms with Gasteiger partial charge in [0.05, 0.1) is 12.9 Å². The molecule has 1 heterocycles. The van der Waals surface area contributed by atoms with E-state index in [-0.39, 0.29) is 5.75 Å². The maximum Gasteiger partial charge on any atom is 0.125 e. The molecule has 0 aliphatic heterocycles. The first-order valence-electron chi connectivity index (χ1n) is 5.14. The highest BCUT2D eigenvalue weighted by atomic mass is 16.5. The molecule has 0 spiro atoms. The lowest BCUT2D eigenvalue weighted by atomic mass is 10.2. The summed E-state index contributed by atoms with van der Waals surface area (Å²) in [6.07, 6.45) is 5.37.